The summed E-state index contributed by atoms with van der Waals surface area (Å²) < 4.78 is 0. The van der Waals surface area contributed by atoms with Crippen LogP contribution < -0.4 is 10.6 Å². The van der Waals surface area contributed by atoms with E-state index in [1.54, 1.807) is 6.07 Å². The third-order valence-corrected chi connectivity index (χ3v) is 3.50. The van der Waals surface area contributed by atoms with Crippen LogP contribution >= 0.6 is 0 Å². The number of carbonyl (C=O) groups excluding carboxylic acids is 1. The van der Waals surface area contributed by atoms with E-state index in [-0.39, 0.29) is 23.8 Å². The zero-order valence-electron chi connectivity index (χ0n) is 11.7. The Kier molecular flexibility index (Phi) is 4.34. The van der Waals surface area contributed by atoms with E-state index in [1.165, 1.54) is 18.9 Å². The molecule has 1 aromatic rings. The zero-order chi connectivity index (χ0) is 14.7. The van der Waals surface area contributed by atoms with Crippen LogP contribution in [-0.4, -0.2) is 23.9 Å². The summed E-state index contributed by atoms with van der Waals surface area (Å²) >= 11 is 0. The van der Waals surface area contributed by atoms with Crippen LogP contribution in [0.15, 0.2) is 12.1 Å². The number of nitro groups is 1. The molecule has 0 heterocycles. The highest BCUT2D eigenvalue weighted by molar-refractivity contribution is 5.94. The van der Waals surface area contributed by atoms with E-state index in [2.05, 4.69) is 10.6 Å². The first kappa shape index (κ1) is 14.5. The number of anilines is 1. The highest BCUT2D eigenvalue weighted by Gasteiger charge is 2.21. The maximum absolute atomic E-state index is 11.8. The number of nitrogens with zero attached hydrogens (tertiary/aromatic N) is 1. The molecular weight excluding hydrogens is 258 g/mol. The Balaban J connectivity index is 2.00. The summed E-state index contributed by atoms with van der Waals surface area (Å²) in [5.74, 6) is 0.441. The van der Waals surface area contributed by atoms with E-state index in [0.717, 1.165) is 17.7 Å². The van der Waals surface area contributed by atoms with Crippen LogP contribution in [0.25, 0.3) is 0 Å². The zero-order valence-corrected chi connectivity index (χ0v) is 11.7. The normalized spacial score (nSPS) is 14.1. The molecule has 6 heteroatoms. The molecule has 0 unspecified atom stereocenters. The van der Waals surface area contributed by atoms with Gasteiger partial charge in [-0.3, -0.25) is 14.9 Å². The third kappa shape index (κ3) is 3.77. The van der Waals surface area contributed by atoms with Gasteiger partial charge in [0, 0.05) is 6.07 Å². The number of aryl methyl sites for hydroxylation is 2. The first-order valence-corrected chi connectivity index (χ1v) is 6.73. The molecule has 0 spiro atoms. The molecule has 1 saturated carbocycles. The van der Waals surface area contributed by atoms with Crippen LogP contribution in [0.4, 0.5) is 11.4 Å². The second-order valence-corrected chi connectivity index (χ2v) is 5.33. The van der Waals surface area contributed by atoms with Crippen molar-refractivity contribution in [3.8, 4) is 0 Å². The first-order valence-electron chi connectivity index (χ1n) is 6.73. The molecule has 2 rings (SSSR count). The molecule has 0 bridgehead atoms. The molecule has 0 aromatic heterocycles. The average Bonchev–Trinajstić information content (AvgIpc) is 3.17. The van der Waals surface area contributed by atoms with E-state index in [1.807, 2.05) is 13.8 Å². The Bertz CT molecular complexity index is 539. The Morgan fingerprint density at radius 2 is 2.00 bits per heavy atom. The van der Waals surface area contributed by atoms with Gasteiger partial charge in [-0.15, -0.1) is 0 Å². The number of amides is 1. The van der Waals surface area contributed by atoms with Crippen molar-refractivity contribution in [1.82, 2.24) is 5.32 Å². The summed E-state index contributed by atoms with van der Waals surface area (Å²) in [6.45, 7) is 4.69. The number of hydrogen-bond acceptors (Lipinski definition) is 4. The van der Waals surface area contributed by atoms with E-state index in [0.29, 0.717) is 5.92 Å². The summed E-state index contributed by atoms with van der Waals surface area (Å²) in [7, 11) is 0. The standard InChI is InChI=1S/C14H19N3O3/c1-9-5-12(13(17(19)20)6-10(9)2)16-14(18)8-15-7-11-3-4-11/h5-6,11,15H,3-4,7-8H2,1-2H3,(H,16,18). The van der Waals surface area contributed by atoms with Crippen LogP contribution in [0.2, 0.25) is 0 Å². The Hall–Kier alpha value is -1.95. The van der Waals surface area contributed by atoms with Crippen molar-refractivity contribution in [2.75, 3.05) is 18.4 Å². The second-order valence-electron chi connectivity index (χ2n) is 5.33. The number of carbonyl (C=O) groups is 1. The van der Waals surface area contributed by atoms with Crippen LogP contribution in [-0.2, 0) is 4.79 Å². The maximum Gasteiger partial charge on any atom is 0.293 e. The minimum Gasteiger partial charge on any atom is -0.319 e. The lowest BCUT2D eigenvalue weighted by Crippen LogP contribution is -2.29. The van der Waals surface area contributed by atoms with Crippen LogP contribution in [0.1, 0.15) is 24.0 Å². The summed E-state index contributed by atoms with van der Waals surface area (Å²) in [6.07, 6.45) is 2.44. The van der Waals surface area contributed by atoms with Crippen molar-refractivity contribution in [2.45, 2.75) is 26.7 Å². The fourth-order valence-electron chi connectivity index (χ4n) is 1.96. The monoisotopic (exact) mass is 277 g/mol. The topological polar surface area (TPSA) is 84.3 Å². The van der Waals surface area contributed by atoms with E-state index in [9.17, 15) is 14.9 Å². The number of nitrogens with one attached hydrogen (secondary N) is 2. The molecular formula is C14H19N3O3. The molecule has 1 aliphatic rings. The molecule has 0 saturated heterocycles. The van der Waals surface area contributed by atoms with Crippen molar-refractivity contribution in [3.05, 3.63) is 33.4 Å². The molecule has 1 fully saturated rings. The maximum atomic E-state index is 11.8. The fraction of sp³-hybridized carbons (Fsp3) is 0.500. The molecule has 0 aliphatic heterocycles. The number of nitro benzene ring substituents is 1. The van der Waals surface area contributed by atoms with Crippen LogP contribution in [0.3, 0.4) is 0 Å². The Labute approximate surface area is 117 Å². The molecule has 0 atom stereocenters. The molecule has 0 radical (unpaired) electrons. The number of benzene rings is 1. The smallest absolute Gasteiger partial charge is 0.293 e. The van der Waals surface area contributed by atoms with Gasteiger partial charge in [0.15, 0.2) is 0 Å². The Morgan fingerprint density at radius 3 is 2.60 bits per heavy atom. The largest absolute Gasteiger partial charge is 0.319 e. The van der Waals surface area contributed by atoms with Gasteiger partial charge in [-0.2, -0.15) is 0 Å². The lowest BCUT2D eigenvalue weighted by atomic mass is 10.1. The minimum absolute atomic E-state index is 0.0661. The number of rotatable bonds is 6. The molecule has 108 valence electrons. The summed E-state index contributed by atoms with van der Waals surface area (Å²) in [5, 5.41) is 16.7. The van der Waals surface area contributed by atoms with Gasteiger partial charge < -0.3 is 10.6 Å². The molecule has 1 amide bonds. The number of hydrogen-bond donors (Lipinski definition) is 2. The first-order chi connectivity index (χ1) is 9.47. The molecule has 6 nitrogen and oxygen atoms in total. The summed E-state index contributed by atoms with van der Waals surface area (Å²) in [6, 6.07) is 3.13. The van der Waals surface area contributed by atoms with E-state index < -0.39 is 4.92 Å². The minimum atomic E-state index is -0.473. The average molecular weight is 277 g/mol. The van der Waals surface area contributed by atoms with Gasteiger partial charge in [0.05, 0.1) is 11.5 Å². The summed E-state index contributed by atoms with van der Waals surface area (Å²) in [5.41, 5.74) is 1.94. The van der Waals surface area contributed by atoms with Crippen molar-refractivity contribution in [3.63, 3.8) is 0 Å². The van der Waals surface area contributed by atoms with Crippen molar-refractivity contribution in [1.29, 1.82) is 0 Å². The van der Waals surface area contributed by atoms with Gasteiger partial charge in [0.2, 0.25) is 5.91 Å². The molecule has 2 N–H and O–H groups in total. The van der Waals surface area contributed by atoms with Gasteiger partial charge >= 0.3 is 0 Å². The van der Waals surface area contributed by atoms with Crippen molar-refractivity contribution in [2.24, 2.45) is 5.92 Å². The highest BCUT2D eigenvalue weighted by atomic mass is 16.6. The van der Waals surface area contributed by atoms with Gasteiger partial charge in [0.25, 0.3) is 5.69 Å². The van der Waals surface area contributed by atoms with Crippen molar-refractivity contribution >= 4 is 17.3 Å². The van der Waals surface area contributed by atoms with E-state index >= 15 is 0 Å². The van der Waals surface area contributed by atoms with Crippen LogP contribution in [0.5, 0.6) is 0 Å². The van der Waals surface area contributed by atoms with Gasteiger partial charge in [-0.05, 0) is 56.3 Å². The molecule has 1 aliphatic carbocycles. The molecule has 20 heavy (non-hydrogen) atoms. The van der Waals surface area contributed by atoms with Crippen LogP contribution in [0, 0.1) is 29.9 Å². The summed E-state index contributed by atoms with van der Waals surface area (Å²) in [4.78, 5) is 22.3. The second kappa shape index (κ2) is 6.00. The fourth-order valence-corrected chi connectivity index (χ4v) is 1.96. The lowest BCUT2D eigenvalue weighted by molar-refractivity contribution is -0.384. The highest BCUT2D eigenvalue weighted by Crippen LogP contribution is 2.28. The van der Waals surface area contributed by atoms with E-state index in [4.69, 9.17) is 0 Å². The van der Waals surface area contributed by atoms with Gasteiger partial charge in [-0.1, -0.05) is 0 Å². The predicted molar refractivity (Wildman–Crippen MR) is 76.8 cm³/mol. The SMILES string of the molecule is Cc1cc(NC(=O)CNCC2CC2)c([N+](=O)[O-])cc1C. The van der Waals surface area contributed by atoms with Gasteiger partial charge in [-0.25, -0.2) is 0 Å². The Morgan fingerprint density at radius 1 is 1.35 bits per heavy atom. The quantitative estimate of drug-likeness (QED) is 0.616. The van der Waals surface area contributed by atoms with Crippen molar-refractivity contribution < 1.29 is 9.72 Å². The third-order valence-electron chi connectivity index (χ3n) is 3.50. The lowest BCUT2D eigenvalue weighted by Gasteiger charge is -2.09. The molecule has 1 aromatic carbocycles. The predicted octanol–water partition coefficient (Wildman–Crippen LogP) is 2.15. The van der Waals surface area contributed by atoms with Gasteiger partial charge in [0.1, 0.15) is 5.69 Å².